The van der Waals surface area contributed by atoms with Crippen LogP contribution in [0.25, 0.3) is 6.08 Å². The van der Waals surface area contributed by atoms with Gasteiger partial charge in [0.15, 0.2) is 11.7 Å². The molecule has 1 aromatic rings. The molecule has 5 heteroatoms. The summed E-state index contributed by atoms with van der Waals surface area (Å²) in [5, 5.41) is 2.52. The van der Waals surface area contributed by atoms with Gasteiger partial charge in [-0.2, -0.15) is 0 Å². The lowest BCUT2D eigenvalue weighted by atomic mass is 10.1. The lowest BCUT2D eigenvalue weighted by Gasteiger charge is -1.98. The van der Waals surface area contributed by atoms with Gasteiger partial charge in [0.25, 0.3) is 0 Å². The highest BCUT2D eigenvalue weighted by Gasteiger charge is 2.17. The van der Waals surface area contributed by atoms with Crippen molar-refractivity contribution in [2.24, 2.45) is 0 Å². The molecular formula is C10H10N2O3. The number of hydrogen-bond acceptors (Lipinski definition) is 4. The Morgan fingerprint density at radius 3 is 3.20 bits per heavy atom. The highest BCUT2D eigenvalue weighted by molar-refractivity contribution is 5.97. The van der Waals surface area contributed by atoms with E-state index in [-0.39, 0.29) is 12.2 Å². The molecule has 0 fully saturated rings. The molecule has 0 aromatic carbocycles. The molecule has 0 unspecified atom stereocenters. The van der Waals surface area contributed by atoms with Crippen LogP contribution in [0, 0.1) is 0 Å². The predicted molar refractivity (Wildman–Crippen MR) is 52.0 cm³/mol. The summed E-state index contributed by atoms with van der Waals surface area (Å²) in [5.74, 6) is 1.19. The molecule has 1 N–H and O–H groups in total. The molecule has 0 bridgehead atoms. The van der Waals surface area contributed by atoms with Crippen LogP contribution in [0.15, 0.2) is 10.5 Å². The van der Waals surface area contributed by atoms with Gasteiger partial charge in [-0.05, 0) is 12.2 Å². The van der Waals surface area contributed by atoms with Gasteiger partial charge in [0.05, 0.1) is 6.42 Å². The molecule has 5 nitrogen and oxygen atoms in total. The summed E-state index contributed by atoms with van der Waals surface area (Å²) in [6.07, 6.45) is 4.60. The molecule has 1 aliphatic rings. The summed E-state index contributed by atoms with van der Waals surface area (Å²) in [4.78, 5) is 25.3. The first kappa shape index (κ1) is 9.64. The summed E-state index contributed by atoms with van der Waals surface area (Å²) in [6, 6.07) is 0. The van der Waals surface area contributed by atoms with E-state index in [0.717, 1.165) is 5.69 Å². The second kappa shape index (κ2) is 4.08. The number of rotatable bonds is 4. The number of carbonyl (C=O) groups excluding carboxylic acids is 2. The van der Waals surface area contributed by atoms with Crippen molar-refractivity contribution in [2.75, 3.05) is 6.54 Å². The van der Waals surface area contributed by atoms with Crippen LogP contribution in [0.2, 0.25) is 0 Å². The van der Waals surface area contributed by atoms with Crippen molar-refractivity contribution in [3.63, 3.8) is 0 Å². The number of aromatic nitrogens is 1. The maximum Gasteiger partial charge on any atom is 0.207 e. The van der Waals surface area contributed by atoms with Crippen LogP contribution in [-0.2, 0) is 22.4 Å². The smallest absolute Gasteiger partial charge is 0.207 e. The number of nitrogens with zero attached hydrogens (tertiary/aromatic N) is 1. The Balaban J connectivity index is 2.07. The SMILES string of the molecule is O=CNCCc1nc2c(o1)CC(=O)C=C2. The molecule has 1 aliphatic carbocycles. The van der Waals surface area contributed by atoms with E-state index in [1.165, 1.54) is 6.08 Å². The van der Waals surface area contributed by atoms with Crippen molar-refractivity contribution in [1.29, 1.82) is 0 Å². The second-order valence-corrected chi connectivity index (χ2v) is 3.21. The number of carbonyl (C=O) groups is 2. The Bertz CT molecular complexity index is 420. The number of ketones is 1. The molecular weight excluding hydrogens is 196 g/mol. The van der Waals surface area contributed by atoms with Gasteiger partial charge in [-0.1, -0.05) is 0 Å². The highest BCUT2D eigenvalue weighted by atomic mass is 16.4. The monoisotopic (exact) mass is 206 g/mol. The Kier molecular flexibility index (Phi) is 2.62. The average Bonchev–Trinajstić information content (AvgIpc) is 2.60. The number of nitrogens with one attached hydrogen (secondary N) is 1. The fourth-order valence-electron chi connectivity index (χ4n) is 1.40. The molecule has 0 saturated heterocycles. The first-order valence-electron chi connectivity index (χ1n) is 4.66. The second-order valence-electron chi connectivity index (χ2n) is 3.21. The van der Waals surface area contributed by atoms with E-state index < -0.39 is 0 Å². The first-order valence-corrected chi connectivity index (χ1v) is 4.66. The quantitative estimate of drug-likeness (QED) is 0.560. The van der Waals surface area contributed by atoms with E-state index in [2.05, 4.69) is 10.3 Å². The lowest BCUT2D eigenvalue weighted by molar-refractivity contribution is -0.114. The average molecular weight is 206 g/mol. The minimum Gasteiger partial charge on any atom is -0.445 e. The van der Waals surface area contributed by atoms with Crippen molar-refractivity contribution in [3.8, 4) is 0 Å². The van der Waals surface area contributed by atoms with Gasteiger partial charge in [-0.25, -0.2) is 4.98 Å². The maximum absolute atomic E-state index is 11.1. The third kappa shape index (κ3) is 2.12. The van der Waals surface area contributed by atoms with E-state index in [4.69, 9.17) is 4.42 Å². The van der Waals surface area contributed by atoms with Gasteiger partial charge in [-0.15, -0.1) is 0 Å². The van der Waals surface area contributed by atoms with Gasteiger partial charge >= 0.3 is 0 Å². The summed E-state index contributed by atoms with van der Waals surface area (Å²) < 4.78 is 5.38. The zero-order valence-electron chi connectivity index (χ0n) is 8.03. The Morgan fingerprint density at radius 1 is 1.53 bits per heavy atom. The minimum absolute atomic E-state index is 0.0243. The van der Waals surface area contributed by atoms with Crippen LogP contribution in [0.4, 0.5) is 0 Å². The molecule has 1 aromatic heterocycles. The molecule has 1 amide bonds. The van der Waals surface area contributed by atoms with E-state index in [1.54, 1.807) is 6.08 Å². The summed E-state index contributed by atoms with van der Waals surface area (Å²) >= 11 is 0. The normalized spacial score (nSPS) is 13.7. The minimum atomic E-state index is 0.0243. The predicted octanol–water partition coefficient (Wildman–Crippen LogP) is 0.101. The van der Waals surface area contributed by atoms with Gasteiger partial charge in [0.1, 0.15) is 11.5 Å². The van der Waals surface area contributed by atoms with Gasteiger partial charge in [0, 0.05) is 13.0 Å². The van der Waals surface area contributed by atoms with E-state index in [1.807, 2.05) is 0 Å². The Morgan fingerprint density at radius 2 is 2.40 bits per heavy atom. The topological polar surface area (TPSA) is 72.2 Å². The van der Waals surface area contributed by atoms with Gasteiger partial charge in [-0.3, -0.25) is 9.59 Å². The number of oxazole rings is 1. The Labute approximate surface area is 86.2 Å². The van der Waals surface area contributed by atoms with Crippen molar-refractivity contribution in [3.05, 3.63) is 23.4 Å². The fourth-order valence-corrected chi connectivity index (χ4v) is 1.40. The summed E-state index contributed by atoms with van der Waals surface area (Å²) in [6.45, 7) is 0.487. The van der Waals surface area contributed by atoms with E-state index in [0.29, 0.717) is 31.0 Å². The van der Waals surface area contributed by atoms with Crippen LogP contribution >= 0.6 is 0 Å². The molecule has 2 rings (SSSR count). The standard InChI is InChI=1S/C10H10N2O3/c13-6-11-4-3-10-12-8-2-1-7(14)5-9(8)15-10/h1-2,6H,3-5H2,(H,11,13). The van der Waals surface area contributed by atoms with E-state index in [9.17, 15) is 9.59 Å². The Hall–Kier alpha value is -1.91. The molecule has 78 valence electrons. The van der Waals surface area contributed by atoms with Crippen molar-refractivity contribution < 1.29 is 14.0 Å². The number of amides is 1. The van der Waals surface area contributed by atoms with E-state index >= 15 is 0 Å². The summed E-state index contributed by atoms with van der Waals surface area (Å²) in [7, 11) is 0. The zero-order chi connectivity index (χ0) is 10.7. The fraction of sp³-hybridized carbons (Fsp3) is 0.300. The van der Waals surface area contributed by atoms with Crippen LogP contribution in [0.5, 0.6) is 0 Å². The lowest BCUT2D eigenvalue weighted by Crippen LogP contribution is -2.14. The zero-order valence-corrected chi connectivity index (χ0v) is 8.03. The largest absolute Gasteiger partial charge is 0.445 e. The van der Waals surface area contributed by atoms with Crippen molar-refractivity contribution >= 4 is 18.3 Å². The number of hydrogen-bond donors (Lipinski definition) is 1. The molecule has 0 aliphatic heterocycles. The maximum atomic E-state index is 11.1. The molecule has 15 heavy (non-hydrogen) atoms. The number of fused-ring (bicyclic) bond motifs is 1. The van der Waals surface area contributed by atoms with Crippen LogP contribution in [-0.4, -0.2) is 23.7 Å². The number of allylic oxidation sites excluding steroid dienone is 1. The first-order chi connectivity index (χ1) is 7.29. The van der Waals surface area contributed by atoms with Crippen molar-refractivity contribution in [2.45, 2.75) is 12.8 Å². The van der Waals surface area contributed by atoms with Gasteiger partial charge < -0.3 is 9.73 Å². The van der Waals surface area contributed by atoms with Gasteiger partial charge in [0.2, 0.25) is 6.41 Å². The summed E-state index contributed by atoms with van der Waals surface area (Å²) in [5.41, 5.74) is 0.718. The molecule has 0 spiro atoms. The molecule has 1 heterocycles. The molecule has 0 atom stereocenters. The highest BCUT2D eigenvalue weighted by Crippen LogP contribution is 2.18. The van der Waals surface area contributed by atoms with Crippen molar-refractivity contribution in [1.82, 2.24) is 10.3 Å². The third-order valence-electron chi connectivity index (χ3n) is 2.10. The van der Waals surface area contributed by atoms with Crippen LogP contribution in [0.3, 0.4) is 0 Å². The van der Waals surface area contributed by atoms with Crippen LogP contribution < -0.4 is 5.32 Å². The molecule has 0 saturated carbocycles. The van der Waals surface area contributed by atoms with Crippen LogP contribution in [0.1, 0.15) is 17.3 Å². The molecule has 0 radical (unpaired) electrons. The third-order valence-corrected chi connectivity index (χ3v) is 2.10.